The number of piperidine rings is 1. The fourth-order valence-corrected chi connectivity index (χ4v) is 3.27. The molecule has 2 fully saturated rings. The highest BCUT2D eigenvalue weighted by Gasteiger charge is 2.25. The van der Waals surface area contributed by atoms with Gasteiger partial charge in [-0.25, -0.2) is 0 Å². The van der Waals surface area contributed by atoms with Crippen LogP contribution in [-0.4, -0.2) is 56.7 Å². The van der Waals surface area contributed by atoms with E-state index < -0.39 is 0 Å². The summed E-state index contributed by atoms with van der Waals surface area (Å²) in [6.45, 7) is 6.12. The van der Waals surface area contributed by atoms with E-state index in [9.17, 15) is 4.79 Å². The third-order valence-corrected chi connectivity index (χ3v) is 4.48. The van der Waals surface area contributed by atoms with Crippen LogP contribution < -0.4 is 10.2 Å². The Balaban J connectivity index is 1.53. The second-order valence-electron chi connectivity index (χ2n) is 5.68. The molecule has 2 aliphatic heterocycles. The number of benzene rings is 1. The van der Waals surface area contributed by atoms with Crippen molar-refractivity contribution in [3.05, 3.63) is 24.3 Å². The minimum Gasteiger partial charge on any atom is -0.379 e. The SMILES string of the molecule is O=CNc1ccc(N2CCC(N3CCOCC3)CC2)cc1. The zero-order valence-corrected chi connectivity index (χ0v) is 12.3. The summed E-state index contributed by atoms with van der Waals surface area (Å²) in [7, 11) is 0. The highest BCUT2D eigenvalue weighted by molar-refractivity contribution is 5.72. The van der Waals surface area contributed by atoms with E-state index in [0.29, 0.717) is 12.5 Å². The van der Waals surface area contributed by atoms with Gasteiger partial charge in [0.05, 0.1) is 13.2 Å². The molecule has 0 unspecified atom stereocenters. The largest absolute Gasteiger partial charge is 0.379 e. The van der Waals surface area contributed by atoms with Crippen molar-refractivity contribution < 1.29 is 9.53 Å². The van der Waals surface area contributed by atoms with Crippen molar-refractivity contribution in [3.63, 3.8) is 0 Å². The Bertz CT molecular complexity index is 449. The van der Waals surface area contributed by atoms with Gasteiger partial charge in [0.25, 0.3) is 0 Å². The van der Waals surface area contributed by atoms with E-state index in [-0.39, 0.29) is 0 Å². The van der Waals surface area contributed by atoms with Crippen LogP contribution in [0.3, 0.4) is 0 Å². The number of ether oxygens (including phenoxy) is 1. The molecule has 5 nitrogen and oxygen atoms in total. The molecule has 5 heteroatoms. The second kappa shape index (κ2) is 6.91. The molecule has 2 aliphatic rings. The average Bonchev–Trinajstić information content (AvgIpc) is 2.57. The number of hydrogen-bond donors (Lipinski definition) is 1. The molecule has 0 spiro atoms. The summed E-state index contributed by atoms with van der Waals surface area (Å²) in [6.07, 6.45) is 3.14. The van der Waals surface area contributed by atoms with Gasteiger partial charge in [0.1, 0.15) is 0 Å². The predicted octanol–water partition coefficient (Wildman–Crippen LogP) is 1.56. The lowest BCUT2D eigenvalue weighted by molar-refractivity contribution is -0.105. The third-order valence-electron chi connectivity index (χ3n) is 4.48. The zero-order valence-electron chi connectivity index (χ0n) is 12.3. The average molecular weight is 289 g/mol. The molecule has 2 heterocycles. The number of nitrogens with zero attached hydrogens (tertiary/aromatic N) is 2. The van der Waals surface area contributed by atoms with E-state index in [2.05, 4.69) is 27.2 Å². The van der Waals surface area contributed by atoms with Crippen LogP contribution in [0.15, 0.2) is 24.3 Å². The van der Waals surface area contributed by atoms with Crippen LogP contribution in [0, 0.1) is 0 Å². The lowest BCUT2D eigenvalue weighted by Gasteiger charge is -2.40. The fraction of sp³-hybridized carbons (Fsp3) is 0.562. The fourth-order valence-electron chi connectivity index (χ4n) is 3.27. The first-order valence-corrected chi connectivity index (χ1v) is 7.74. The molecule has 0 radical (unpaired) electrons. The highest BCUT2D eigenvalue weighted by atomic mass is 16.5. The summed E-state index contributed by atoms with van der Waals surface area (Å²) in [5, 5.41) is 2.67. The smallest absolute Gasteiger partial charge is 0.211 e. The number of nitrogens with one attached hydrogen (secondary N) is 1. The van der Waals surface area contributed by atoms with Crippen LogP contribution in [0.1, 0.15) is 12.8 Å². The first-order chi connectivity index (χ1) is 10.4. The van der Waals surface area contributed by atoms with Crippen LogP contribution in [0.2, 0.25) is 0 Å². The van der Waals surface area contributed by atoms with Crippen molar-refractivity contribution in [1.29, 1.82) is 0 Å². The molecule has 2 saturated heterocycles. The number of carbonyl (C=O) groups excluding carboxylic acids is 1. The molecule has 1 aromatic carbocycles. The minimum atomic E-state index is 0.709. The predicted molar refractivity (Wildman–Crippen MR) is 83.8 cm³/mol. The van der Waals surface area contributed by atoms with Gasteiger partial charge in [-0.1, -0.05) is 0 Å². The molecule has 1 aromatic rings. The molecule has 0 saturated carbocycles. The molecule has 0 aliphatic carbocycles. The summed E-state index contributed by atoms with van der Waals surface area (Å²) in [4.78, 5) is 15.4. The molecule has 0 atom stereocenters. The van der Waals surface area contributed by atoms with Crippen molar-refractivity contribution in [2.24, 2.45) is 0 Å². The lowest BCUT2D eigenvalue weighted by Crippen LogP contribution is -2.49. The lowest BCUT2D eigenvalue weighted by atomic mass is 10.0. The summed E-state index contributed by atoms with van der Waals surface area (Å²) >= 11 is 0. The number of amides is 1. The molecule has 1 amide bonds. The normalized spacial score (nSPS) is 21.2. The van der Waals surface area contributed by atoms with Crippen molar-refractivity contribution in [3.8, 4) is 0 Å². The molecule has 0 bridgehead atoms. The van der Waals surface area contributed by atoms with Gasteiger partial charge in [0.15, 0.2) is 0 Å². The van der Waals surface area contributed by atoms with E-state index in [4.69, 9.17) is 4.74 Å². The first-order valence-electron chi connectivity index (χ1n) is 7.74. The van der Waals surface area contributed by atoms with Crippen molar-refractivity contribution in [2.75, 3.05) is 49.6 Å². The monoisotopic (exact) mass is 289 g/mol. The number of rotatable bonds is 4. The van der Waals surface area contributed by atoms with Gasteiger partial charge in [0.2, 0.25) is 6.41 Å². The molecule has 3 rings (SSSR count). The number of morpholine rings is 1. The summed E-state index contributed by atoms with van der Waals surface area (Å²) < 4.78 is 5.43. The standard InChI is InChI=1S/C16H23N3O2/c20-13-17-14-1-3-15(4-2-14)18-7-5-16(6-8-18)19-9-11-21-12-10-19/h1-4,13,16H,5-12H2,(H,17,20). The maximum Gasteiger partial charge on any atom is 0.211 e. The Morgan fingerprint density at radius 1 is 1.05 bits per heavy atom. The quantitative estimate of drug-likeness (QED) is 0.854. The molecular formula is C16H23N3O2. The van der Waals surface area contributed by atoms with E-state index in [1.54, 1.807) is 0 Å². The second-order valence-corrected chi connectivity index (χ2v) is 5.68. The van der Waals surface area contributed by atoms with Crippen molar-refractivity contribution in [2.45, 2.75) is 18.9 Å². The van der Waals surface area contributed by atoms with Gasteiger partial charge in [-0.3, -0.25) is 9.69 Å². The minimum absolute atomic E-state index is 0.709. The Morgan fingerprint density at radius 3 is 2.33 bits per heavy atom. The van der Waals surface area contributed by atoms with E-state index in [1.807, 2.05) is 12.1 Å². The summed E-state index contributed by atoms with van der Waals surface area (Å²) in [5.74, 6) is 0. The molecule has 114 valence electrons. The van der Waals surface area contributed by atoms with Crippen molar-refractivity contribution >= 4 is 17.8 Å². The summed E-state index contributed by atoms with van der Waals surface area (Å²) in [6, 6.07) is 8.79. The Labute approximate surface area is 125 Å². The maximum absolute atomic E-state index is 10.4. The Kier molecular flexibility index (Phi) is 4.72. The van der Waals surface area contributed by atoms with E-state index in [0.717, 1.165) is 45.1 Å². The van der Waals surface area contributed by atoms with Gasteiger partial charge < -0.3 is 15.0 Å². The molecule has 0 aromatic heterocycles. The topological polar surface area (TPSA) is 44.8 Å². The van der Waals surface area contributed by atoms with Crippen LogP contribution in [-0.2, 0) is 9.53 Å². The Hall–Kier alpha value is -1.59. The molecule has 1 N–H and O–H groups in total. The van der Waals surface area contributed by atoms with Crippen molar-refractivity contribution in [1.82, 2.24) is 4.90 Å². The Morgan fingerprint density at radius 2 is 1.71 bits per heavy atom. The van der Waals surface area contributed by atoms with Crippen LogP contribution in [0.5, 0.6) is 0 Å². The highest BCUT2D eigenvalue weighted by Crippen LogP contribution is 2.24. The van der Waals surface area contributed by atoms with Gasteiger partial charge in [0, 0.05) is 43.6 Å². The van der Waals surface area contributed by atoms with E-state index >= 15 is 0 Å². The third kappa shape index (κ3) is 3.54. The van der Waals surface area contributed by atoms with Crippen LogP contribution >= 0.6 is 0 Å². The van der Waals surface area contributed by atoms with Crippen LogP contribution in [0.4, 0.5) is 11.4 Å². The van der Waals surface area contributed by atoms with Gasteiger partial charge in [-0.05, 0) is 37.1 Å². The van der Waals surface area contributed by atoms with Gasteiger partial charge in [-0.2, -0.15) is 0 Å². The number of anilines is 2. The van der Waals surface area contributed by atoms with Gasteiger partial charge >= 0.3 is 0 Å². The number of carbonyl (C=O) groups is 1. The summed E-state index contributed by atoms with van der Waals surface area (Å²) in [5.41, 5.74) is 2.09. The molecular weight excluding hydrogens is 266 g/mol. The zero-order chi connectivity index (χ0) is 14.5. The first kappa shape index (κ1) is 14.4. The van der Waals surface area contributed by atoms with E-state index in [1.165, 1.54) is 18.5 Å². The van der Waals surface area contributed by atoms with Gasteiger partial charge in [-0.15, -0.1) is 0 Å². The molecule has 21 heavy (non-hydrogen) atoms. The maximum atomic E-state index is 10.4. The number of hydrogen-bond acceptors (Lipinski definition) is 4. The van der Waals surface area contributed by atoms with Crippen LogP contribution in [0.25, 0.3) is 0 Å².